The molecule has 198 valence electrons. The average molecular weight is 517 g/mol. The van der Waals surface area contributed by atoms with Crippen molar-refractivity contribution in [3.8, 4) is 28.6 Å². The van der Waals surface area contributed by atoms with Gasteiger partial charge in [-0.2, -0.15) is 0 Å². The first-order chi connectivity index (χ1) is 18.5. The summed E-state index contributed by atoms with van der Waals surface area (Å²) >= 11 is 0. The fourth-order valence-corrected chi connectivity index (χ4v) is 4.69. The van der Waals surface area contributed by atoms with Crippen molar-refractivity contribution in [1.29, 1.82) is 0 Å². The topological polar surface area (TPSA) is 84.6 Å². The van der Waals surface area contributed by atoms with Gasteiger partial charge in [0.05, 0.1) is 19.6 Å². The molecule has 0 aliphatic carbocycles. The molecule has 0 amide bonds. The third-order valence-electron chi connectivity index (χ3n) is 6.74. The van der Waals surface area contributed by atoms with Gasteiger partial charge in [0, 0.05) is 62.2 Å². The number of anilines is 1. The quantitative estimate of drug-likeness (QED) is 0.357. The molecule has 1 aromatic heterocycles. The smallest absolute Gasteiger partial charge is 0.193 e. The van der Waals surface area contributed by atoms with Crippen molar-refractivity contribution in [2.75, 3.05) is 58.5 Å². The van der Waals surface area contributed by atoms with E-state index in [1.807, 2.05) is 6.07 Å². The molecule has 0 radical (unpaired) electrons. The number of β-amino-alcohol motifs (C(OH)–C–C–N with tert-alkyl or cyclic N) is 1. The summed E-state index contributed by atoms with van der Waals surface area (Å²) in [5.74, 6) is 2.10. The lowest BCUT2D eigenvalue weighted by Gasteiger charge is -2.36. The second-order valence-electron chi connectivity index (χ2n) is 9.32. The molecule has 1 saturated heterocycles. The van der Waals surface area contributed by atoms with E-state index in [0.29, 0.717) is 46.1 Å². The van der Waals surface area contributed by atoms with Crippen LogP contribution in [0.1, 0.15) is 0 Å². The van der Waals surface area contributed by atoms with E-state index in [4.69, 9.17) is 18.6 Å². The standard InChI is InChI=1S/C30H32N2O6/c1-35-25-14-21(15-26(16-25)36-2)29-18-28(34)27-9-8-24(17-30(27)38-29)37-20-23(33)19-31-10-12-32(13-11-31)22-6-4-3-5-7-22/h3-9,14-18,23,33H,10-13,19-20H2,1-2H3. The fourth-order valence-electron chi connectivity index (χ4n) is 4.69. The molecule has 1 N–H and O–H groups in total. The molecule has 5 rings (SSSR count). The molecule has 1 unspecified atom stereocenters. The van der Waals surface area contributed by atoms with E-state index < -0.39 is 6.10 Å². The molecule has 0 bridgehead atoms. The first-order valence-electron chi connectivity index (χ1n) is 12.7. The SMILES string of the molecule is COc1cc(OC)cc(-c2cc(=O)c3ccc(OCC(O)CN4CCN(c5ccccc5)CC4)cc3o2)c1. The van der Waals surface area contributed by atoms with Crippen LogP contribution in [-0.4, -0.2) is 69.7 Å². The van der Waals surface area contributed by atoms with E-state index in [0.717, 1.165) is 26.2 Å². The van der Waals surface area contributed by atoms with Crippen LogP contribution in [0, 0.1) is 0 Å². The summed E-state index contributed by atoms with van der Waals surface area (Å²) in [6.07, 6.45) is -0.642. The summed E-state index contributed by atoms with van der Waals surface area (Å²) in [4.78, 5) is 17.4. The normalized spacial score (nSPS) is 14.9. The van der Waals surface area contributed by atoms with Crippen molar-refractivity contribution < 1.29 is 23.7 Å². The third kappa shape index (κ3) is 5.93. The molecule has 2 heterocycles. The first-order valence-corrected chi connectivity index (χ1v) is 12.7. The van der Waals surface area contributed by atoms with Crippen LogP contribution in [-0.2, 0) is 0 Å². The molecule has 1 fully saturated rings. The van der Waals surface area contributed by atoms with Crippen LogP contribution in [0.15, 0.2) is 82.0 Å². The second-order valence-corrected chi connectivity index (χ2v) is 9.32. The van der Waals surface area contributed by atoms with Gasteiger partial charge in [0.1, 0.15) is 41.3 Å². The first kappa shape index (κ1) is 25.6. The number of rotatable bonds is 9. The third-order valence-corrected chi connectivity index (χ3v) is 6.74. The summed E-state index contributed by atoms with van der Waals surface area (Å²) in [7, 11) is 3.13. The molecular formula is C30H32N2O6. The molecular weight excluding hydrogens is 484 g/mol. The molecule has 0 spiro atoms. The van der Waals surface area contributed by atoms with E-state index in [1.54, 1.807) is 50.6 Å². The molecule has 1 atom stereocenters. The molecule has 3 aromatic carbocycles. The zero-order chi connectivity index (χ0) is 26.5. The van der Waals surface area contributed by atoms with E-state index >= 15 is 0 Å². The number of aliphatic hydroxyl groups excluding tert-OH is 1. The molecule has 8 nitrogen and oxygen atoms in total. The number of fused-ring (bicyclic) bond motifs is 1. The predicted molar refractivity (Wildman–Crippen MR) is 148 cm³/mol. The van der Waals surface area contributed by atoms with Crippen molar-refractivity contribution in [3.63, 3.8) is 0 Å². The van der Waals surface area contributed by atoms with Gasteiger partial charge in [-0.1, -0.05) is 18.2 Å². The lowest BCUT2D eigenvalue weighted by atomic mass is 10.1. The minimum Gasteiger partial charge on any atom is -0.497 e. The van der Waals surface area contributed by atoms with E-state index in [1.165, 1.54) is 11.8 Å². The molecule has 38 heavy (non-hydrogen) atoms. The minimum atomic E-state index is -0.642. The van der Waals surface area contributed by atoms with Crippen molar-refractivity contribution in [2.45, 2.75) is 6.10 Å². The highest BCUT2D eigenvalue weighted by Gasteiger charge is 2.20. The second kappa shape index (κ2) is 11.6. The van der Waals surface area contributed by atoms with Gasteiger partial charge < -0.3 is 28.6 Å². The Morgan fingerprint density at radius 3 is 2.26 bits per heavy atom. The Balaban J connectivity index is 1.22. The molecule has 4 aromatic rings. The number of ether oxygens (including phenoxy) is 3. The van der Waals surface area contributed by atoms with Gasteiger partial charge in [0.2, 0.25) is 0 Å². The monoisotopic (exact) mass is 516 g/mol. The molecule has 8 heteroatoms. The molecule has 1 aliphatic heterocycles. The Morgan fingerprint density at radius 2 is 1.58 bits per heavy atom. The van der Waals surface area contributed by atoms with Crippen LogP contribution in [0.2, 0.25) is 0 Å². The lowest BCUT2D eigenvalue weighted by Crippen LogP contribution is -2.49. The number of methoxy groups -OCH3 is 2. The minimum absolute atomic E-state index is 0.140. The summed E-state index contributed by atoms with van der Waals surface area (Å²) in [6, 6.07) is 22.2. The fraction of sp³-hybridized carbons (Fsp3) is 0.300. The zero-order valence-corrected chi connectivity index (χ0v) is 21.6. The van der Waals surface area contributed by atoms with Gasteiger partial charge in [-0.05, 0) is 36.4 Å². The highest BCUT2D eigenvalue weighted by Crippen LogP contribution is 2.31. The number of hydrogen-bond acceptors (Lipinski definition) is 8. The number of nitrogens with zero attached hydrogens (tertiary/aromatic N) is 2. The maximum absolute atomic E-state index is 12.8. The Kier molecular flexibility index (Phi) is 7.81. The van der Waals surface area contributed by atoms with Gasteiger partial charge in [-0.15, -0.1) is 0 Å². The highest BCUT2D eigenvalue weighted by molar-refractivity contribution is 5.80. The predicted octanol–water partition coefficient (Wildman–Crippen LogP) is 4.04. The van der Waals surface area contributed by atoms with Crippen LogP contribution in [0.25, 0.3) is 22.3 Å². The number of para-hydroxylation sites is 1. The Bertz CT molecular complexity index is 1410. The molecule has 1 aliphatic rings. The number of benzene rings is 3. The van der Waals surface area contributed by atoms with E-state index in [2.05, 4.69) is 34.1 Å². The average Bonchev–Trinajstić information content (AvgIpc) is 2.96. The zero-order valence-electron chi connectivity index (χ0n) is 21.6. The number of aliphatic hydroxyl groups is 1. The highest BCUT2D eigenvalue weighted by atomic mass is 16.5. The van der Waals surface area contributed by atoms with Crippen LogP contribution in [0.4, 0.5) is 5.69 Å². The van der Waals surface area contributed by atoms with Gasteiger partial charge in [0.25, 0.3) is 0 Å². The summed E-state index contributed by atoms with van der Waals surface area (Å²) in [5.41, 5.74) is 2.13. The van der Waals surface area contributed by atoms with Gasteiger partial charge in [-0.3, -0.25) is 9.69 Å². The van der Waals surface area contributed by atoms with Gasteiger partial charge in [-0.25, -0.2) is 0 Å². The Hall–Kier alpha value is -4.01. The van der Waals surface area contributed by atoms with Crippen LogP contribution >= 0.6 is 0 Å². The van der Waals surface area contributed by atoms with Crippen molar-refractivity contribution in [3.05, 3.63) is 83.0 Å². The number of piperazine rings is 1. The maximum Gasteiger partial charge on any atom is 0.193 e. The van der Waals surface area contributed by atoms with Crippen LogP contribution < -0.4 is 24.5 Å². The van der Waals surface area contributed by atoms with Crippen LogP contribution in [0.5, 0.6) is 17.2 Å². The van der Waals surface area contributed by atoms with Gasteiger partial charge in [0.15, 0.2) is 5.43 Å². The summed E-state index contributed by atoms with van der Waals surface area (Å²) in [6.45, 7) is 4.27. The van der Waals surface area contributed by atoms with Crippen molar-refractivity contribution in [1.82, 2.24) is 4.90 Å². The van der Waals surface area contributed by atoms with Gasteiger partial charge >= 0.3 is 0 Å². The molecule has 0 saturated carbocycles. The van der Waals surface area contributed by atoms with E-state index in [9.17, 15) is 9.90 Å². The maximum atomic E-state index is 12.8. The lowest BCUT2D eigenvalue weighted by molar-refractivity contribution is 0.0663. The van der Waals surface area contributed by atoms with Crippen LogP contribution in [0.3, 0.4) is 0 Å². The number of hydrogen-bond donors (Lipinski definition) is 1. The van der Waals surface area contributed by atoms with Crippen molar-refractivity contribution in [2.24, 2.45) is 0 Å². The summed E-state index contributed by atoms with van der Waals surface area (Å²) < 4.78 is 22.6. The Morgan fingerprint density at radius 1 is 0.868 bits per heavy atom. The Labute approximate surface area is 221 Å². The largest absolute Gasteiger partial charge is 0.497 e. The summed E-state index contributed by atoms with van der Waals surface area (Å²) in [5, 5.41) is 11.1. The van der Waals surface area contributed by atoms with E-state index in [-0.39, 0.29) is 12.0 Å². The van der Waals surface area contributed by atoms with Crippen molar-refractivity contribution >= 4 is 16.7 Å².